The summed E-state index contributed by atoms with van der Waals surface area (Å²) in [5.41, 5.74) is 15.2. The summed E-state index contributed by atoms with van der Waals surface area (Å²) in [6, 6.07) is 22.0. The van der Waals surface area contributed by atoms with Gasteiger partial charge in [-0.05, 0) is 146 Å². The summed E-state index contributed by atoms with van der Waals surface area (Å²) in [7, 11) is 0. The minimum Gasteiger partial charge on any atom is -0.399 e. The second-order valence-corrected chi connectivity index (χ2v) is 15.2. The summed E-state index contributed by atoms with van der Waals surface area (Å²) in [6.45, 7) is 11.7. The normalized spacial score (nSPS) is 14.4. The van der Waals surface area contributed by atoms with Gasteiger partial charge in [-0.2, -0.15) is 5.10 Å². The van der Waals surface area contributed by atoms with Crippen molar-refractivity contribution in [2.75, 3.05) is 38.7 Å². The van der Waals surface area contributed by atoms with Gasteiger partial charge < -0.3 is 31.3 Å². The Morgan fingerprint density at radius 3 is 1.86 bits per heavy atom. The second kappa shape index (κ2) is 22.3. The van der Waals surface area contributed by atoms with Crippen LogP contribution < -0.4 is 16.4 Å². The first kappa shape index (κ1) is 43.4. The van der Waals surface area contributed by atoms with E-state index in [1.807, 2.05) is 81.0 Å². The fraction of sp³-hybridized carbons (Fsp3) is 0.391. The fourth-order valence-electron chi connectivity index (χ4n) is 6.40. The Kier molecular flexibility index (Phi) is 16.7. The highest BCUT2D eigenvalue weighted by Crippen LogP contribution is 2.19. The van der Waals surface area contributed by atoms with Gasteiger partial charge in [0.2, 0.25) is 0 Å². The van der Waals surface area contributed by atoms with Gasteiger partial charge in [0, 0.05) is 69.5 Å². The van der Waals surface area contributed by atoms with E-state index in [-0.39, 0.29) is 17.9 Å². The Morgan fingerprint density at radius 1 is 0.828 bits per heavy atom. The van der Waals surface area contributed by atoms with E-state index in [9.17, 15) is 9.59 Å². The molecule has 7 rings (SSSR count). The van der Waals surface area contributed by atoms with Gasteiger partial charge >= 0.3 is 0 Å². The van der Waals surface area contributed by atoms with E-state index in [2.05, 4.69) is 50.0 Å². The average molecular weight is 787 g/mol. The maximum Gasteiger partial charge on any atom is 0.270 e. The lowest BCUT2D eigenvalue weighted by Gasteiger charge is -2.23. The number of nitrogens with zero attached hydrogens (tertiary/aromatic N) is 4. The Morgan fingerprint density at radius 2 is 1.34 bits per heavy atom. The summed E-state index contributed by atoms with van der Waals surface area (Å²) in [5, 5.41) is 16.9. The number of aromatic nitrogens is 4. The van der Waals surface area contributed by atoms with Gasteiger partial charge in [0.25, 0.3) is 11.8 Å². The fourth-order valence-corrected chi connectivity index (χ4v) is 6.40. The van der Waals surface area contributed by atoms with Crippen molar-refractivity contribution in [2.45, 2.75) is 72.3 Å². The molecule has 0 spiro atoms. The van der Waals surface area contributed by atoms with E-state index in [4.69, 9.17) is 20.6 Å². The highest BCUT2D eigenvalue weighted by Gasteiger charge is 2.19. The number of hydrogen-bond donors (Lipinski definition) is 4. The maximum atomic E-state index is 12.6. The van der Waals surface area contributed by atoms with Gasteiger partial charge in [-0.25, -0.2) is 4.68 Å². The molecule has 0 saturated carbocycles. The zero-order chi connectivity index (χ0) is 41.3. The molecule has 5 heterocycles. The van der Waals surface area contributed by atoms with Crippen LogP contribution in [0.25, 0.3) is 5.69 Å². The molecule has 0 unspecified atom stereocenters. The number of amides is 2. The molecule has 0 radical (unpaired) electrons. The minimum absolute atomic E-state index is 0.106. The molecule has 2 fully saturated rings. The number of ether oxygens (including phenoxy) is 2. The number of nitrogens with two attached hydrogens (primary N) is 1. The monoisotopic (exact) mass is 786 g/mol. The van der Waals surface area contributed by atoms with Gasteiger partial charge in [0.15, 0.2) is 0 Å². The van der Waals surface area contributed by atoms with Gasteiger partial charge in [0.1, 0.15) is 11.4 Å². The van der Waals surface area contributed by atoms with E-state index in [0.717, 1.165) is 90.9 Å². The first-order chi connectivity index (χ1) is 28.1. The molecule has 306 valence electrons. The molecule has 0 aliphatic carbocycles. The first-order valence-electron chi connectivity index (χ1n) is 20.2. The molecule has 2 aromatic carbocycles. The van der Waals surface area contributed by atoms with Gasteiger partial charge in [0.05, 0.1) is 5.69 Å². The average Bonchev–Trinajstić information content (AvgIpc) is 3.79. The topological polar surface area (TPSA) is 170 Å². The Balaban J connectivity index is 0.000000199. The van der Waals surface area contributed by atoms with E-state index < -0.39 is 0 Å². The summed E-state index contributed by atoms with van der Waals surface area (Å²) < 4.78 is 12.5. The summed E-state index contributed by atoms with van der Waals surface area (Å²) in [6.07, 6.45) is 13.9. The SMILES string of the molecule is CC(C)C=N.Cc1cnc(C(=O)NC2CCOCC2)cc1Cc1ccc(-n2cccn2)cc1.Cc1cnc(C(=O)NCC2CCOCC2)cc1Cc1ccc(N)cc1. The number of aryl methyl sites for hydroxylation is 2. The molecule has 12 nitrogen and oxygen atoms in total. The molecule has 58 heavy (non-hydrogen) atoms. The molecule has 5 aromatic rings. The lowest BCUT2D eigenvalue weighted by atomic mass is 10.00. The Hall–Kier alpha value is -5.72. The first-order valence-corrected chi connectivity index (χ1v) is 20.2. The molecule has 5 N–H and O–H groups in total. The summed E-state index contributed by atoms with van der Waals surface area (Å²) in [5.74, 6) is 0.708. The van der Waals surface area contributed by atoms with E-state index in [1.54, 1.807) is 18.6 Å². The van der Waals surface area contributed by atoms with Crippen molar-refractivity contribution in [3.8, 4) is 5.69 Å². The van der Waals surface area contributed by atoms with Crippen LogP contribution in [0.1, 0.15) is 93.9 Å². The molecule has 0 atom stereocenters. The number of nitrogen functional groups attached to an aromatic ring is 1. The van der Waals surface area contributed by atoms with Gasteiger partial charge in [-0.3, -0.25) is 19.6 Å². The highest BCUT2D eigenvalue weighted by molar-refractivity contribution is 5.93. The molecule has 2 saturated heterocycles. The molecular formula is C46H58N8O4. The quantitative estimate of drug-likeness (QED) is 0.0813. The predicted molar refractivity (Wildman–Crippen MR) is 229 cm³/mol. The zero-order valence-corrected chi connectivity index (χ0v) is 34.2. The highest BCUT2D eigenvalue weighted by atomic mass is 16.5. The van der Waals surface area contributed by atoms with Crippen LogP contribution in [0.2, 0.25) is 0 Å². The van der Waals surface area contributed by atoms with Crippen molar-refractivity contribution >= 4 is 23.7 Å². The third-order valence-corrected chi connectivity index (χ3v) is 10.2. The van der Waals surface area contributed by atoms with Gasteiger partial charge in [-0.15, -0.1) is 0 Å². The molecule has 3 aromatic heterocycles. The zero-order valence-electron chi connectivity index (χ0n) is 34.2. The molecule has 2 amide bonds. The van der Waals surface area contributed by atoms with Crippen molar-refractivity contribution in [1.82, 2.24) is 30.4 Å². The van der Waals surface area contributed by atoms with Crippen LogP contribution in [0.4, 0.5) is 5.69 Å². The van der Waals surface area contributed by atoms with Crippen LogP contribution >= 0.6 is 0 Å². The molecular weight excluding hydrogens is 729 g/mol. The maximum absolute atomic E-state index is 12.6. The van der Waals surface area contributed by atoms with Crippen LogP contribution in [0.5, 0.6) is 0 Å². The minimum atomic E-state index is -0.109. The number of nitrogens with one attached hydrogen (secondary N) is 3. The number of hydrogen-bond acceptors (Lipinski definition) is 9. The third-order valence-electron chi connectivity index (χ3n) is 10.2. The van der Waals surface area contributed by atoms with Crippen LogP contribution in [0.15, 0.2) is 91.5 Å². The van der Waals surface area contributed by atoms with Crippen LogP contribution in [-0.4, -0.2) is 76.8 Å². The van der Waals surface area contributed by atoms with Crippen LogP contribution in [0, 0.1) is 31.1 Å². The number of carbonyl (C=O) groups is 2. The van der Waals surface area contributed by atoms with Crippen molar-refractivity contribution in [1.29, 1.82) is 5.41 Å². The molecule has 12 heteroatoms. The molecule has 0 bridgehead atoms. The number of benzene rings is 2. The number of carbonyl (C=O) groups excluding carboxylic acids is 2. The summed E-state index contributed by atoms with van der Waals surface area (Å²) >= 11 is 0. The van der Waals surface area contributed by atoms with Crippen LogP contribution in [-0.2, 0) is 22.3 Å². The lowest BCUT2D eigenvalue weighted by Crippen LogP contribution is -2.39. The van der Waals surface area contributed by atoms with Crippen molar-refractivity contribution in [3.05, 3.63) is 136 Å². The van der Waals surface area contributed by atoms with Crippen molar-refractivity contribution in [2.24, 2.45) is 11.8 Å². The van der Waals surface area contributed by atoms with E-state index in [0.29, 0.717) is 43.0 Å². The van der Waals surface area contributed by atoms with E-state index in [1.165, 1.54) is 11.8 Å². The van der Waals surface area contributed by atoms with Crippen LogP contribution in [0.3, 0.4) is 0 Å². The summed E-state index contributed by atoms with van der Waals surface area (Å²) in [4.78, 5) is 33.6. The second-order valence-electron chi connectivity index (χ2n) is 15.2. The largest absolute Gasteiger partial charge is 0.399 e. The predicted octanol–water partition coefficient (Wildman–Crippen LogP) is 7.09. The van der Waals surface area contributed by atoms with Crippen molar-refractivity contribution in [3.63, 3.8) is 0 Å². The molecule has 2 aliphatic rings. The Labute approximate surface area is 342 Å². The molecule has 2 aliphatic heterocycles. The smallest absolute Gasteiger partial charge is 0.270 e. The Bertz CT molecular complexity index is 2040. The lowest BCUT2D eigenvalue weighted by molar-refractivity contribution is 0.0642. The third kappa shape index (κ3) is 13.7. The van der Waals surface area contributed by atoms with Crippen molar-refractivity contribution < 1.29 is 19.1 Å². The number of pyridine rings is 2. The number of anilines is 1. The number of rotatable bonds is 11. The standard InChI is InChI=1S/C22H24N4O2.C20H25N3O2.C4H9N/c1-16-15-23-21(22(27)25-19-7-11-28-12-8-19)14-18(16)13-17-3-5-20(6-4-17)26-10-2-9-24-26;1-14-12-22-19(20(24)23-13-16-6-8-25-9-7-16)11-17(14)10-15-2-4-18(21)5-3-15;1-4(2)3-5/h2-6,9-10,14-15,19H,7-8,11-13H2,1H3,(H,25,27);2-5,11-12,16H,6-10,13,21H2,1H3,(H,23,24);3-5H,1-2H3. The van der Waals surface area contributed by atoms with Gasteiger partial charge in [-0.1, -0.05) is 38.1 Å². The van der Waals surface area contributed by atoms with E-state index >= 15 is 0 Å².